The Morgan fingerprint density at radius 3 is 2.84 bits per heavy atom. The molecule has 4 heteroatoms. The summed E-state index contributed by atoms with van der Waals surface area (Å²) in [6.07, 6.45) is -0.187. The van der Waals surface area contributed by atoms with E-state index in [1.807, 2.05) is 31.2 Å². The first-order valence-electron chi connectivity index (χ1n) is 6.12. The number of halogens is 2. The van der Waals surface area contributed by atoms with Crippen molar-refractivity contribution in [1.82, 2.24) is 0 Å². The molecule has 0 aliphatic carbocycles. The monoisotopic (exact) mass is 277 g/mol. The SMILES string of the molecule is CC1Nc2ccc(F)cc2OC1c1cccc(Cl)c1. The van der Waals surface area contributed by atoms with Gasteiger partial charge >= 0.3 is 0 Å². The van der Waals surface area contributed by atoms with Crippen LogP contribution in [0.15, 0.2) is 42.5 Å². The Balaban J connectivity index is 1.97. The van der Waals surface area contributed by atoms with Crippen molar-refractivity contribution in [3.8, 4) is 5.75 Å². The molecule has 0 bridgehead atoms. The number of nitrogens with one attached hydrogen (secondary N) is 1. The molecule has 0 radical (unpaired) electrons. The van der Waals surface area contributed by atoms with E-state index in [1.165, 1.54) is 12.1 Å². The van der Waals surface area contributed by atoms with Gasteiger partial charge in [-0.25, -0.2) is 4.39 Å². The number of benzene rings is 2. The third-order valence-electron chi connectivity index (χ3n) is 3.21. The quantitative estimate of drug-likeness (QED) is 0.833. The van der Waals surface area contributed by atoms with Crippen molar-refractivity contribution in [2.75, 3.05) is 5.32 Å². The molecule has 0 saturated heterocycles. The minimum absolute atomic E-state index is 0.0800. The summed E-state index contributed by atoms with van der Waals surface area (Å²) in [5.74, 6) is 0.225. The second-order valence-electron chi connectivity index (χ2n) is 4.67. The molecule has 3 rings (SSSR count). The zero-order valence-electron chi connectivity index (χ0n) is 10.4. The van der Waals surface area contributed by atoms with Crippen LogP contribution >= 0.6 is 11.6 Å². The predicted octanol–water partition coefficient (Wildman–Crippen LogP) is 4.41. The lowest BCUT2D eigenvalue weighted by Crippen LogP contribution is -2.32. The van der Waals surface area contributed by atoms with Crippen LogP contribution in [0.2, 0.25) is 5.02 Å². The molecule has 1 aliphatic rings. The first-order chi connectivity index (χ1) is 9.13. The summed E-state index contributed by atoms with van der Waals surface area (Å²) in [4.78, 5) is 0. The lowest BCUT2D eigenvalue weighted by molar-refractivity contribution is 0.177. The Kier molecular flexibility index (Phi) is 3.07. The minimum Gasteiger partial charge on any atom is -0.481 e. The van der Waals surface area contributed by atoms with Gasteiger partial charge < -0.3 is 10.1 Å². The van der Waals surface area contributed by atoms with Crippen molar-refractivity contribution < 1.29 is 9.13 Å². The molecule has 0 amide bonds. The fraction of sp³-hybridized carbons (Fsp3) is 0.200. The fourth-order valence-electron chi connectivity index (χ4n) is 2.31. The standard InChI is InChI=1S/C15H13ClFNO/c1-9-15(10-3-2-4-11(16)7-10)19-14-8-12(17)5-6-13(14)18-9/h2-9,15,18H,1H3. The summed E-state index contributed by atoms with van der Waals surface area (Å²) in [5.41, 5.74) is 1.79. The van der Waals surface area contributed by atoms with E-state index in [4.69, 9.17) is 16.3 Å². The summed E-state index contributed by atoms with van der Waals surface area (Å²) < 4.78 is 19.2. The Hall–Kier alpha value is -1.74. The Morgan fingerprint density at radius 2 is 2.05 bits per heavy atom. The van der Waals surface area contributed by atoms with Gasteiger partial charge in [0.25, 0.3) is 0 Å². The van der Waals surface area contributed by atoms with Gasteiger partial charge in [-0.2, -0.15) is 0 Å². The molecule has 2 aromatic rings. The van der Waals surface area contributed by atoms with Gasteiger partial charge in [-0.3, -0.25) is 0 Å². The number of ether oxygens (including phenoxy) is 1. The van der Waals surface area contributed by atoms with Crippen LogP contribution in [0.5, 0.6) is 5.75 Å². The van der Waals surface area contributed by atoms with Gasteiger partial charge in [-0.1, -0.05) is 23.7 Å². The van der Waals surface area contributed by atoms with E-state index >= 15 is 0 Å². The van der Waals surface area contributed by atoms with Gasteiger partial charge in [0.05, 0.1) is 11.7 Å². The topological polar surface area (TPSA) is 21.3 Å². The zero-order chi connectivity index (χ0) is 13.4. The molecular weight excluding hydrogens is 265 g/mol. The van der Waals surface area contributed by atoms with E-state index in [-0.39, 0.29) is 18.0 Å². The van der Waals surface area contributed by atoms with Crippen LogP contribution in [-0.4, -0.2) is 6.04 Å². The number of hydrogen-bond donors (Lipinski definition) is 1. The second-order valence-corrected chi connectivity index (χ2v) is 5.10. The molecule has 0 spiro atoms. The van der Waals surface area contributed by atoms with Crippen LogP contribution in [0.3, 0.4) is 0 Å². The molecule has 1 heterocycles. The molecular formula is C15H13ClFNO. The van der Waals surface area contributed by atoms with Gasteiger partial charge in [0.15, 0.2) is 0 Å². The van der Waals surface area contributed by atoms with Gasteiger partial charge in [-0.05, 0) is 36.8 Å². The van der Waals surface area contributed by atoms with Crippen molar-refractivity contribution in [2.45, 2.75) is 19.1 Å². The molecule has 2 aromatic carbocycles. The van der Waals surface area contributed by atoms with Crippen LogP contribution in [0, 0.1) is 5.82 Å². The van der Waals surface area contributed by atoms with Crippen LogP contribution < -0.4 is 10.1 Å². The molecule has 1 N–H and O–H groups in total. The molecule has 2 atom stereocenters. The number of rotatable bonds is 1. The third kappa shape index (κ3) is 2.38. The van der Waals surface area contributed by atoms with E-state index in [0.717, 1.165) is 11.3 Å². The highest BCUT2D eigenvalue weighted by molar-refractivity contribution is 6.30. The van der Waals surface area contributed by atoms with Gasteiger partial charge in [0, 0.05) is 11.1 Å². The Morgan fingerprint density at radius 1 is 1.21 bits per heavy atom. The Bertz CT molecular complexity index is 617. The van der Waals surface area contributed by atoms with Crippen molar-refractivity contribution >= 4 is 17.3 Å². The van der Waals surface area contributed by atoms with E-state index < -0.39 is 0 Å². The lowest BCUT2D eigenvalue weighted by Gasteiger charge is -2.33. The molecule has 2 unspecified atom stereocenters. The molecule has 98 valence electrons. The van der Waals surface area contributed by atoms with Crippen LogP contribution in [0.25, 0.3) is 0 Å². The molecule has 1 aliphatic heterocycles. The molecule has 19 heavy (non-hydrogen) atoms. The Labute approximate surface area is 116 Å². The van der Waals surface area contributed by atoms with Crippen molar-refractivity contribution in [3.63, 3.8) is 0 Å². The van der Waals surface area contributed by atoms with Crippen LogP contribution in [0.4, 0.5) is 10.1 Å². The predicted molar refractivity (Wildman–Crippen MR) is 74.3 cm³/mol. The zero-order valence-corrected chi connectivity index (χ0v) is 11.1. The minimum atomic E-state index is -0.306. The maximum Gasteiger partial charge on any atom is 0.146 e. The smallest absolute Gasteiger partial charge is 0.146 e. The average Bonchev–Trinajstić information content (AvgIpc) is 2.38. The van der Waals surface area contributed by atoms with E-state index in [2.05, 4.69) is 5.32 Å². The first-order valence-corrected chi connectivity index (χ1v) is 6.49. The third-order valence-corrected chi connectivity index (χ3v) is 3.45. The molecule has 0 fully saturated rings. The molecule has 2 nitrogen and oxygen atoms in total. The van der Waals surface area contributed by atoms with Crippen molar-refractivity contribution in [1.29, 1.82) is 0 Å². The highest BCUT2D eigenvalue weighted by Gasteiger charge is 2.27. The van der Waals surface area contributed by atoms with Crippen LogP contribution in [-0.2, 0) is 0 Å². The summed E-state index contributed by atoms with van der Waals surface area (Å²) in [5, 5.41) is 3.99. The normalized spacial score (nSPS) is 21.2. The second kappa shape index (κ2) is 4.74. The summed E-state index contributed by atoms with van der Waals surface area (Å²) >= 11 is 6.00. The van der Waals surface area contributed by atoms with Gasteiger partial charge in [-0.15, -0.1) is 0 Å². The lowest BCUT2D eigenvalue weighted by atomic mass is 10.0. The van der Waals surface area contributed by atoms with Gasteiger partial charge in [0.2, 0.25) is 0 Å². The van der Waals surface area contributed by atoms with E-state index in [9.17, 15) is 4.39 Å². The van der Waals surface area contributed by atoms with E-state index in [1.54, 1.807) is 6.07 Å². The maximum atomic E-state index is 13.3. The molecule has 0 saturated carbocycles. The summed E-state index contributed by atoms with van der Waals surface area (Å²) in [6, 6.07) is 12.1. The van der Waals surface area contributed by atoms with Crippen molar-refractivity contribution in [3.05, 3.63) is 58.9 Å². The highest BCUT2D eigenvalue weighted by atomic mass is 35.5. The molecule has 0 aromatic heterocycles. The first kappa shape index (κ1) is 12.3. The van der Waals surface area contributed by atoms with Crippen molar-refractivity contribution in [2.24, 2.45) is 0 Å². The number of hydrogen-bond acceptors (Lipinski definition) is 2. The summed E-state index contributed by atoms with van der Waals surface area (Å²) in [6.45, 7) is 2.03. The van der Waals surface area contributed by atoms with E-state index in [0.29, 0.717) is 10.8 Å². The number of fused-ring (bicyclic) bond motifs is 1. The summed E-state index contributed by atoms with van der Waals surface area (Å²) in [7, 11) is 0. The average molecular weight is 278 g/mol. The van der Waals surface area contributed by atoms with Gasteiger partial charge in [0.1, 0.15) is 17.7 Å². The highest BCUT2D eigenvalue weighted by Crippen LogP contribution is 2.38. The largest absolute Gasteiger partial charge is 0.481 e. The fourth-order valence-corrected chi connectivity index (χ4v) is 2.51. The maximum absolute atomic E-state index is 13.3. The van der Waals surface area contributed by atoms with Crippen LogP contribution in [0.1, 0.15) is 18.6 Å². The number of anilines is 1.